The lowest BCUT2D eigenvalue weighted by atomic mass is 10.0. The van der Waals surface area contributed by atoms with Crippen molar-refractivity contribution in [3.05, 3.63) is 49.6 Å². The second-order valence-corrected chi connectivity index (χ2v) is 11.0. The first kappa shape index (κ1) is 35.9. The molecule has 37 heavy (non-hydrogen) atoms. The molecule has 0 spiro atoms. The number of hydrogen-bond acceptors (Lipinski definition) is 1. The number of ether oxygens (including phenoxy) is 1. The van der Waals surface area contributed by atoms with Gasteiger partial charge in [0, 0.05) is 0 Å². The highest BCUT2D eigenvalue weighted by molar-refractivity contribution is 4.95. The molecule has 0 saturated heterocycles. The Balaban J connectivity index is 4.81. The Hall–Kier alpha value is -1.08. The third-order valence-corrected chi connectivity index (χ3v) is 7.29. The molecule has 0 amide bonds. The van der Waals surface area contributed by atoms with Crippen molar-refractivity contribution >= 4 is 0 Å². The first-order chi connectivity index (χ1) is 18.3. The van der Waals surface area contributed by atoms with Crippen LogP contribution in [0, 0.1) is 0 Å². The van der Waals surface area contributed by atoms with Crippen LogP contribution in [-0.4, -0.2) is 12.2 Å². The van der Waals surface area contributed by atoms with Gasteiger partial charge in [-0.15, -0.1) is 13.2 Å². The molecule has 0 radical (unpaired) electrons. The van der Waals surface area contributed by atoms with Gasteiger partial charge in [0.2, 0.25) is 0 Å². The average molecular weight is 515 g/mol. The summed E-state index contributed by atoms with van der Waals surface area (Å²) in [6.07, 6.45) is 45.1. The van der Waals surface area contributed by atoms with E-state index in [0.717, 1.165) is 25.7 Å². The van der Waals surface area contributed by atoms with Gasteiger partial charge in [-0.1, -0.05) is 140 Å². The van der Waals surface area contributed by atoms with Crippen LogP contribution in [0.4, 0.5) is 0 Å². The Kier molecular flexibility index (Phi) is 30.2. The zero-order chi connectivity index (χ0) is 27.1. The zero-order valence-electron chi connectivity index (χ0n) is 25.4. The van der Waals surface area contributed by atoms with Crippen molar-refractivity contribution < 1.29 is 4.74 Å². The Morgan fingerprint density at radius 2 is 0.811 bits per heavy atom. The van der Waals surface area contributed by atoms with Crippen molar-refractivity contribution in [1.29, 1.82) is 0 Å². The van der Waals surface area contributed by atoms with Crippen LogP contribution < -0.4 is 0 Å². The Bertz CT molecular complexity index is 471. The summed E-state index contributed by atoms with van der Waals surface area (Å²) < 4.78 is 6.80. The average Bonchev–Trinajstić information content (AvgIpc) is 2.91. The van der Waals surface area contributed by atoms with Gasteiger partial charge in [0.05, 0.1) is 12.2 Å². The quantitative estimate of drug-likeness (QED) is 0.0684. The SMILES string of the molecule is C=CCCCCCCCC(/C=C/CCCCCC)OC(/C=C/CCCCCC)CCCCCCCC=C. The van der Waals surface area contributed by atoms with E-state index in [2.05, 4.69) is 51.3 Å². The van der Waals surface area contributed by atoms with Gasteiger partial charge in [0.1, 0.15) is 0 Å². The highest BCUT2D eigenvalue weighted by atomic mass is 16.5. The van der Waals surface area contributed by atoms with E-state index in [4.69, 9.17) is 4.74 Å². The van der Waals surface area contributed by atoms with Gasteiger partial charge in [-0.05, 0) is 64.2 Å². The van der Waals surface area contributed by atoms with Crippen molar-refractivity contribution in [3.63, 3.8) is 0 Å². The maximum atomic E-state index is 6.80. The predicted molar refractivity (Wildman–Crippen MR) is 169 cm³/mol. The molecule has 0 heterocycles. The standard InChI is InChI=1S/C36H66O/c1-5-9-13-17-21-25-29-33-35(31-27-23-19-15-11-7-3)37-36(32-28-24-20-16-12-8-4)34-30-26-22-18-14-10-6-2/h5-6,27-28,31-32,35-36H,1-2,7-26,29-30,33-34H2,3-4H3/b31-27+,32-28+. The normalized spacial score (nSPS) is 13.5. The van der Waals surface area contributed by atoms with Gasteiger partial charge >= 0.3 is 0 Å². The molecule has 1 heteroatoms. The molecule has 0 aliphatic rings. The lowest BCUT2D eigenvalue weighted by Gasteiger charge is -2.21. The number of allylic oxidation sites excluding steroid dienone is 4. The van der Waals surface area contributed by atoms with Crippen molar-refractivity contribution in [2.75, 3.05) is 0 Å². The number of unbranched alkanes of at least 4 members (excludes halogenated alkanes) is 18. The van der Waals surface area contributed by atoms with Gasteiger partial charge < -0.3 is 4.74 Å². The topological polar surface area (TPSA) is 9.23 Å². The molecular formula is C36H66O. The second-order valence-electron chi connectivity index (χ2n) is 11.0. The van der Waals surface area contributed by atoms with Crippen LogP contribution in [0.5, 0.6) is 0 Å². The molecule has 0 aliphatic carbocycles. The van der Waals surface area contributed by atoms with Crippen molar-refractivity contribution in [3.8, 4) is 0 Å². The summed E-state index contributed by atoms with van der Waals surface area (Å²) in [5, 5.41) is 0. The molecular weight excluding hydrogens is 448 g/mol. The molecule has 2 unspecified atom stereocenters. The van der Waals surface area contributed by atoms with Crippen LogP contribution in [-0.2, 0) is 4.74 Å². The zero-order valence-corrected chi connectivity index (χ0v) is 25.4. The lowest BCUT2D eigenvalue weighted by Crippen LogP contribution is -2.19. The van der Waals surface area contributed by atoms with Crippen LogP contribution in [0.25, 0.3) is 0 Å². The second kappa shape index (κ2) is 31.1. The highest BCUT2D eigenvalue weighted by Gasteiger charge is 2.12. The largest absolute Gasteiger partial charge is 0.367 e. The van der Waals surface area contributed by atoms with E-state index < -0.39 is 0 Å². The molecule has 0 fully saturated rings. The Labute approximate surface area is 234 Å². The minimum atomic E-state index is 0.265. The maximum absolute atomic E-state index is 6.80. The molecule has 1 nitrogen and oxygen atoms in total. The molecule has 2 atom stereocenters. The van der Waals surface area contributed by atoms with Gasteiger partial charge in [0.25, 0.3) is 0 Å². The first-order valence-electron chi connectivity index (χ1n) is 16.5. The lowest BCUT2D eigenvalue weighted by molar-refractivity contribution is 0.0292. The first-order valence-corrected chi connectivity index (χ1v) is 16.5. The summed E-state index contributed by atoms with van der Waals surface area (Å²) in [5.41, 5.74) is 0. The van der Waals surface area contributed by atoms with Crippen LogP contribution in [0.1, 0.15) is 168 Å². The van der Waals surface area contributed by atoms with Crippen molar-refractivity contribution in [2.45, 2.75) is 180 Å². The minimum Gasteiger partial charge on any atom is -0.367 e. The van der Waals surface area contributed by atoms with Crippen LogP contribution in [0.15, 0.2) is 49.6 Å². The maximum Gasteiger partial charge on any atom is 0.0763 e. The van der Waals surface area contributed by atoms with E-state index in [9.17, 15) is 0 Å². The fraction of sp³-hybridized carbons (Fsp3) is 0.778. The highest BCUT2D eigenvalue weighted by Crippen LogP contribution is 2.19. The third-order valence-electron chi connectivity index (χ3n) is 7.29. The van der Waals surface area contributed by atoms with Crippen LogP contribution >= 0.6 is 0 Å². The summed E-state index contributed by atoms with van der Waals surface area (Å²) >= 11 is 0. The van der Waals surface area contributed by atoms with E-state index in [1.165, 1.54) is 128 Å². The third kappa shape index (κ3) is 27.8. The van der Waals surface area contributed by atoms with Gasteiger partial charge in [-0.3, -0.25) is 0 Å². The number of hydrogen-bond donors (Lipinski definition) is 0. The predicted octanol–water partition coefficient (Wildman–Crippen LogP) is 12.6. The molecule has 0 aromatic heterocycles. The molecule has 0 aromatic carbocycles. The van der Waals surface area contributed by atoms with Crippen molar-refractivity contribution in [1.82, 2.24) is 0 Å². The van der Waals surface area contributed by atoms with Crippen LogP contribution in [0.2, 0.25) is 0 Å². The molecule has 0 N–H and O–H groups in total. The summed E-state index contributed by atoms with van der Waals surface area (Å²) in [6.45, 7) is 12.3. The molecule has 0 aliphatic heterocycles. The van der Waals surface area contributed by atoms with Crippen LogP contribution in [0.3, 0.4) is 0 Å². The summed E-state index contributed by atoms with van der Waals surface area (Å²) in [7, 11) is 0. The van der Waals surface area contributed by atoms with E-state index in [-0.39, 0.29) is 12.2 Å². The number of rotatable bonds is 30. The van der Waals surface area contributed by atoms with Gasteiger partial charge in [0.15, 0.2) is 0 Å². The Morgan fingerprint density at radius 3 is 1.22 bits per heavy atom. The fourth-order valence-corrected chi connectivity index (χ4v) is 4.85. The molecule has 0 bridgehead atoms. The summed E-state index contributed by atoms with van der Waals surface area (Å²) in [6, 6.07) is 0. The van der Waals surface area contributed by atoms with E-state index in [0.29, 0.717) is 0 Å². The summed E-state index contributed by atoms with van der Waals surface area (Å²) in [4.78, 5) is 0. The van der Waals surface area contributed by atoms with Gasteiger partial charge in [-0.2, -0.15) is 0 Å². The fourth-order valence-electron chi connectivity index (χ4n) is 4.85. The molecule has 0 rings (SSSR count). The van der Waals surface area contributed by atoms with E-state index in [1.807, 2.05) is 12.2 Å². The van der Waals surface area contributed by atoms with E-state index >= 15 is 0 Å². The monoisotopic (exact) mass is 515 g/mol. The van der Waals surface area contributed by atoms with Gasteiger partial charge in [-0.25, -0.2) is 0 Å². The smallest absolute Gasteiger partial charge is 0.0763 e. The molecule has 216 valence electrons. The Morgan fingerprint density at radius 1 is 0.459 bits per heavy atom. The molecule has 0 aromatic rings. The van der Waals surface area contributed by atoms with E-state index in [1.54, 1.807) is 0 Å². The van der Waals surface area contributed by atoms with Crippen molar-refractivity contribution in [2.24, 2.45) is 0 Å². The molecule has 0 saturated carbocycles. The summed E-state index contributed by atoms with van der Waals surface area (Å²) in [5.74, 6) is 0. The minimum absolute atomic E-state index is 0.265.